The number of hydrogen-bond donors (Lipinski definition) is 1. The summed E-state index contributed by atoms with van der Waals surface area (Å²) in [6, 6.07) is 9.27. The van der Waals surface area contributed by atoms with Crippen molar-refractivity contribution in [2.24, 2.45) is 11.0 Å². The van der Waals surface area contributed by atoms with Crippen LogP contribution in [0.2, 0.25) is 0 Å². The SMILES string of the molecule is [N-]=[N+]=NC[C@@H](Cc1ccccc1)C(=O)O. The van der Waals surface area contributed by atoms with Gasteiger partial charge >= 0.3 is 5.97 Å². The van der Waals surface area contributed by atoms with Gasteiger partial charge in [-0.2, -0.15) is 0 Å². The van der Waals surface area contributed by atoms with Gasteiger partial charge in [-0.1, -0.05) is 35.4 Å². The summed E-state index contributed by atoms with van der Waals surface area (Å²) < 4.78 is 0. The maximum atomic E-state index is 10.8. The molecule has 78 valence electrons. The summed E-state index contributed by atoms with van der Waals surface area (Å²) in [4.78, 5) is 13.4. The highest BCUT2D eigenvalue weighted by Crippen LogP contribution is 2.09. The second-order valence-corrected chi connectivity index (χ2v) is 3.14. The number of carbonyl (C=O) groups is 1. The molecule has 0 saturated heterocycles. The van der Waals surface area contributed by atoms with Crippen LogP contribution in [-0.2, 0) is 11.2 Å². The van der Waals surface area contributed by atoms with Crippen LogP contribution in [0.1, 0.15) is 5.56 Å². The van der Waals surface area contributed by atoms with E-state index in [1.807, 2.05) is 30.3 Å². The first-order valence-corrected chi connectivity index (χ1v) is 4.51. The monoisotopic (exact) mass is 205 g/mol. The number of nitrogens with zero attached hydrogens (tertiary/aromatic N) is 3. The molecular weight excluding hydrogens is 194 g/mol. The molecule has 15 heavy (non-hydrogen) atoms. The number of rotatable bonds is 5. The topological polar surface area (TPSA) is 86.1 Å². The van der Waals surface area contributed by atoms with Crippen molar-refractivity contribution < 1.29 is 9.90 Å². The molecule has 1 rings (SSSR count). The third-order valence-corrected chi connectivity index (χ3v) is 2.04. The van der Waals surface area contributed by atoms with Crippen LogP contribution in [0, 0.1) is 5.92 Å². The number of aliphatic carboxylic acids is 1. The molecule has 0 heterocycles. The summed E-state index contributed by atoms with van der Waals surface area (Å²) in [6.07, 6.45) is 0.384. The summed E-state index contributed by atoms with van der Waals surface area (Å²) in [5.41, 5.74) is 9.06. The first kappa shape index (κ1) is 11.1. The molecule has 1 N–H and O–H groups in total. The van der Waals surface area contributed by atoms with Gasteiger partial charge < -0.3 is 5.11 Å². The Bertz CT molecular complexity index is 372. The number of hydrogen-bond acceptors (Lipinski definition) is 2. The van der Waals surface area contributed by atoms with Crippen molar-refractivity contribution in [3.05, 3.63) is 46.3 Å². The van der Waals surface area contributed by atoms with E-state index in [1.165, 1.54) is 0 Å². The van der Waals surface area contributed by atoms with E-state index in [9.17, 15) is 4.79 Å². The van der Waals surface area contributed by atoms with Crippen LogP contribution < -0.4 is 0 Å². The van der Waals surface area contributed by atoms with Gasteiger partial charge in [-0.15, -0.1) is 0 Å². The van der Waals surface area contributed by atoms with E-state index >= 15 is 0 Å². The molecule has 0 aliphatic carbocycles. The first-order chi connectivity index (χ1) is 7.24. The van der Waals surface area contributed by atoms with Crippen LogP contribution in [0.25, 0.3) is 10.4 Å². The minimum Gasteiger partial charge on any atom is -0.481 e. The Morgan fingerprint density at radius 3 is 2.67 bits per heavy atom. The van der Waals surface area contributed by atoms with Crippen LogP contribution in [-0.4, -0.2) is 17.6 Å². The molecule has 0 aromatic heterocycles. The Hall–Kier alpha value is -2.00. The molecule has 0 aliphatic rings. The molecule has 5 nitrogen and oxygen atoms in total. The van der Waals surface area contributed by atoms with Crippen molar-refractivity contribution in [2.75, 3.05) is 6.54 Å². The zero-order valence-electron chi connectivity index (χ0n) is 8.08. The largest absolute Gasteiger partial charge is 0.481 e. The first-order valence-electron chi connectivity index (χ1n) is 4.51. The van der Waals surface area contributed by atoms with Crippen molar-refractivity contribution in [3.8, 4) is 0 Å². The fourth-order valence-corrected chi connectivity index (χ4v) is 1.26. The maximum absolute atomic E-state index is 10.8. The molecule has 0 spiro atoms. The molecule has 0 amide bonds. The summed E-state index contributed by atoms with van der Waals surface area (Å²) in [5.74, 6) is -1.59. The lowest BCUT2D eigenvalue weighted by Crippen LogP contribution is -2.19. The third kappa shape index (κ3) is 3.70. The van der Waals surface area contributed by atoms with E-state index in [0.29, 0.717) is 6.42 Å². The predicted octanol–water partition coefficient (Wildman–Crippen LogP) is 2.24. The van der Waals surface area contributed by atoms with Gasteiger partial charge in [-0.25, -0.2) is 0 Å². The fraction of sp³-hybridized carbons (Fsp3) is 0.300. The van der Waals surface area contributed by atoms with Gasteiger partial charge in [0.05, 0.1) is 5.92 Å². The van der Waals surface area contributed by atoms with Crippen molar-refractivity contribution in [1.82, 2.24) is 0 Å². The van der Waals surface area contributed by atoms with Crippen molar-refractivity contribution in [2.45, 2.75) is 6.42 Å². The predicted molar refractivity (Wildman–Crippen MR) is 55.3 cm³/mol. The third-order valence-electron chi connectivity index (χ3n) is 2.04. The Labute approximate surface area is 87.0 Å². The van der Waals surface area contributed by atoms with Gasteiger partial charge in [-0.3, -0.25) is 4.79 Å². The highest BCUT2D eigenvalue weighted by molar-refractivity contribution is 5.70. The Kier molecular flexibility index (Phi) is 4.19. The van der Waals surface area contributed by atoms with Crippen LogP contribution >= 0.6 is 0 Å². The van der Waals surface area contributed by atoms with E-state index in [-0.39, 0.29) is 6.54 Å². The molecule has 0 saturated carbocycles. The normalized spacial score (nSPS) is 11.5. The van der Waals surface area contributed by atoms with E-state index in [4.69, 9.17) is 10.6 Å². The van der Waals surface area contributed by atoms with Gasteiger partial charge in [0.2, 0.25) is 0 Å². The highest BCUT2D eigenvalue weighted by atomic mass is 16.4. The molecule has 1 atom stereocenters. The van der Waals surface area contributed by atoms with Crippen LogP contribution in [0.15, 0.2) is 35.4 Å². The molecular formula is C10H11N3O2. The van der Waals surface area contributed by atoms with E-state index < -0.39 is 11.9 Å². The molecule has 1 aromatic carbocycles. The van der Waals surface area contributed by atoms with Crippen LogP contribution in [0.5, 0.6) is 0 Å². The van der Waals surface area contributed by atoms with Gasteiger partial charge in [0.25, 0.3) is 0 Å². The lowest BCUT2D eigenvalue weighted by Gasteiger charge is -2.08. The van der Waals surface area contributed by atoms with Crippen LogP contribution in [0.3, 0.4) is 0 Å². The van der Waals surface area contributed by atoms with Crippen molar-refractivity contribution in [1.29, 1.82) is 0 Å². The lowest BCUT2D eigenvalue weighted by atomic mass is 10.00. The van der Waals surface area contributed by atoms with Crippen molar-refractivity contribution in [3.63, 3.8) is 0 Å². The number of carboxylic acids is 1. The smallest absolute Gasteiger partial charge is 0.306 e. The van der Waals surface area contributed by atoms with Gasteiger partial charge in [0, 0.05) is 11.5 Å². The van der Waals surface area contributed by atoms with E-state index in [2.05, 4.69) is 10.0 Å². The van der Waals surface area contributed by atoms with E-state index in [1.54, 1.807) is 0 Å². The van der Waals surface area contributed by atoms with Gasteiger partial charge in [0.15, 0.2) is 0 Å². The van der Waals surface area contributed by atoms with Gasteiger partial charge in [0.1, 0.15) is 0 Å². The summed E-state index contributed by atoms with van der Waals surface area (Å²) in [5, 5.41) is 12.2. The maximum Gasteiger partial charge on any atom is 0.306 e. The Morgan fingerprint density at radius 2 is 2.13 bits per heavy atom. The second-order valence-electron chi connectivity index (χ2n) is 3.14. The van der Waals surface area contributed by atoms with E-state index in [0.717, 1.165) is 5.56 Å². The Morgan fingerprint density at radius 1 is 1.47 bits per heavy atom. The minimum absolute atomic E-state index is 0.0132. The number of benzene rings is 1. The lowest BCUT2D eigenvalue weighted by molar-refractivity contribution is -0.141. The quantitative estimate of drug-likeness (QED) is 0.454. The zero-order valence-corrected chi connectivity index (χ0v) is 8.08. The standard InChI is InChI=1S/C10H11N3O2/c11-13-12-7-9(10(14)15)6-8-4-2-1-3-5-8/h1-5,9H,6-7H2,(H,14,15)/t9-/m1/s1. The molecule has 5 heteroatoms. The minimum atomic E-state index is -0.939. The summed E-state index contributed by atoms with van der Waals surface area (Å²) >= 11 is 0. The van der Waals surface area contributed by atoms with Crippen LogP contribution in [0.4, 0.5) is 0 Å². The molecule has 0 fully saturated rings. The summed E-state index contributed by atoms with van der Waals surface area (Å²) in [7, 11) is 0. The average molecular weight is 205 g/mol. The molecule has 0 radical (unpaired) electrons. The number of carboxylic acid groups (broad SMARTS) is 1. The highest BCUT2D eigenvalue weighted by Gasteiger charge is 2.16. The fourth-order valence-electron chi connectivity index (χ4n) is 1.26. The molecule has 0 aliphatic heterocycles. The number of azide groups is 1. The Balaban J connectivity index is 2.67. The zero-order chi connectivity index (χ0) is 11.1. The van der Waals surface area contributed by atoms with Gasteiger partial charge in [-0.05, 0) is 17.5 Å². The summed E-state index contributed by atoms with van der Waals surface area (Å²) in [6.45, 7) is -0.0132. The molecule has 0 bridgehead atoms. The molecule has 1 aromatic rings. The van der Waals surface area contributed by atoms with Crippen molar-refractivity contribution >= 4 is 5.97 Å². The second kappa shape index (κ2) is 5.67. The average Bonchev–Trinajstić information content (AvgIpc) is 2.25. The molecule has 0 unspecified atom stereocenters.